The first-order chi connectivity index (χ1) is 11.0. The van der Waals surface area contributed by atoms with Gasteiger partial charge in [-0.25, -0.2) is 4.79 Å². The summed E-state index contributed by atoms with van der Waals surface area (Å²) in [5.41, 5.74) is 0.388. The van der Waals surface area contributed by atoms with E-state index in [1.165, 1.54) is 0 Å². The lowest BCUT2D eigenvalue weighted by molar-refractivity contribution is 0.0923. The average Bonchev–Trinajstić information content (AvgIpc) is 2.91. The van der Waals surface area contributed by atoms with Crippen molar-refractivity contribution >= 4 is 45.2 Å². The van der Waals surface area contributed by atoms with E-state index in [9.17, 15) is 14.7 Å². The van der Waals surface area contributed by atoms with E-state index in [-0.39, 0.29) is 23.9 Å². The highest BCUT2D eigenvalue weighted by Gasteiger charge is 2.26. The Balaban J connectivity index is 0.00000208. The van der Waals surface area contributed by atoms with Crippen molar-refractivity contribution in [1.29, 1.82) is 0 Å². The molecule has 2 aromatic rings. The minimum Gasteiger partial charge on any atom is -0.422 e. The number of hydrogen-bond donors (Lipinski definition) is 3. The van der Waals surface area contributed by atoms with E-state index in [0.717, 1.165) is 4.47 Å². The molecule has 3 rings (SSSR count). The summed E-state index contributed by atoms with van der Waals surface area (Å²) < 4.78 is 6.08. The molecule has 1 aliphatic rings. The zero-order valence-electron chi connectivity index (χ0n) is 13.0. The number of benzene rings is 1. The van der Waals surface area contributed by atoms with Crippen LogP contribution < -0.4 is 16.3 Å². The fourth-order valence-electron chi connectivity index (χ4n) is 2.83. The summed E-state index contributed by atoms with van der Waals surface area (Å²) in [7, 11) is 0. The maximum absolute atomic E-state index is 12.4. The molecule has 1 aliphatic heterocycles. The first kappa shape index (κ1) is 18.9. The quantitative estimate of drug-likeness (QED) is 0.660. The zero-order chi connectivity index (χ0) is 16.6. The lowest BCUT2D eigenvalue weighted by atomic mass is 10.0. The van der Waals surface area contributed by atoms with Gasteiger partial charge in [-0.1, -0.05) is 15.9 Å². The molecule has 130 valence electrons. The Kier molecular flexibility index (Phi) is 6.03. The number of halogens is 2. The van der Waals surface area contributed by atoms with Crippen LogP contribution in [-0.4, -0.2) is 36.8 Å². The van der Waals surface area contributed by atoms with Gasteiger partial charge in [0.2, 0.25) is 0 Å². The predicted molar refractivity (Wildman–Crippen MR) is 96.9 cm³/mol. The van der Waals surface area contributed by atoms with Crippen molar-refractivity contribution in [3.8, 4) is 0 Å². The van der Waals surface area contributed by atoms with Crippen LogP contribution in [0.4, 0.5) is 0 Å². The van der Waals surface area contributed by atoms with Gasteiger partial charge in [0.15, 0.2) is 0 Å². The smallest absolute Gasteiger partial charge is 0.349 e. The maximum atomic E-state index is 12.4. The highest BCUT2D eigenvalue weighted by Crippen LogP contribution is 2.23. The van der Waals surface area contributed by atoms with Gasteiger partial charge in [0.05, 0.1) is 6.10 Å². The van der Waals surface area contributed by atoms with Gasteiger partial charge < -0.3 is 20.2 Å². The van der Waals surface area contributed by atoms with Gasteiger partial charge in [0, 0.05) is 35.4 Å². The Morgan fingerprint density at radius 2 is 2.21 bits per heavy atom. The van der Waals surface area contributed by atoms with Crippen LogP contribution in [0, 0.1) is 12.8 Å². The van der Waals surface area contributed by atoms with Crippen molar-refractivity contribution in [3.05, 3.63) is 44.2 Å². The predicted octanol–water partition coefficient (Wildman–Crippen LogP) is 1.60. The van der Waals surface area contributed by atoms with Crippen molar-refractivity contribution in [2.45, 2.75) is 13.0 Å². The molecule has 1 amide bonds. The molecular weight excluding hydrogens is 400 g/mol. The highest BCUT2D eigenvalue weighted by atomic mass is 79.9. The zero-order valence-corrected chi connectivity index (χ0v) is 15.4. The fraction of sp³-hybridized carbons (Fsp3) is 0.375. The minimum atomic E-state index is -0.653. The van der Waals surface area contributed by atoms with Crippen LogP contribution in [0.5, 0.6) is 0 Å². The lowest BCUT2D eigenvalue weighted by Gasteiger charge is -2.14. The summed E-state index contributed by atoms with van der Waals surface area (Å²) in [6.07, 6.45) is -0.486. The molecule has 1 saturated heterocycles. The molecule has 0 saturated carbocycles. The standard InChI is InChI=1S/C16H17BrN2O4.ClH/c1-8-11-4-10(17)2-3-13(11)23-16(22)14(8)15(21)19-6-9-5-18-7-12(9)20;/h2-4,9,12,18,20H,5-7H2,1H3,(H,19,21);1H. The third-order valence-corrected chi connectivity index (χ3v) is 4.68. The minimum absolute atomic E-state index is 0. The number of aliphatic hydroxyl groups excluding tert-OH is 1. The van der Waals surface area contributed by atoms with Gasteiger partial charge in [0.1, 0.15) is 11.1 Å². The third-order valence-electron chi connectivity index (χ3n) is 4.18. The van der Waals surface area contributed by atoms with Crippen molar-refractivity contribution in [2.75, 3.05) is 19.6 Å². The summed E-state index contributed by atoms with van der Waals surface area (Å²) in [6.45, 7) is 3.19. The molecule has 3 N–H and O–H groups in total. The second-order valence-corrected chi connectivity index (χ2v) is 6.64. The maximum Gasteiger partial charge on any atom is 0.349 e. The van der Waals surface area contributed by atoms with Crippen LogP contribution in [0.3, 0.4) is 0 Å². The van der Waals surface area contributed by atoms with Gasteiger partial charge in [-0.15, -0.1) is 12.4 Å². The van der Waals surface area contributed by atoms with E-state index in [2.05, 4.69) is 26.6 Å². The summed E-state index contributed by atoms with van der Waals surface area (Å²) in [5.74, 6) is -0.530. The molecule has 0 aliphatic carbocycles. The third kappa shape index (κ3) is 3.64. The largest absolute Gasteiger partial charge is 0.422 e. The van der Waals surface area contributed by atoms with Gasteiger partial charge in [0.25, 0.3) is 5.91 Å². The van der Waals surface area contributed by atoms with E-state index in [1.54, 1.807) is 19.1 Å². The van der Waals surface area contributed by atoms with E-state index >= 15 is 0 Å². The monoisotopic (exact) mass is 416 g/mol. The number of aryl methyl sites for hydroxylation is 1. The van der Waals surface area contributed by atoms with Crippen LogP contribution in [0.15, 0.2) is 31.9 Å². The number of fused-ring (bicyclic) bond motifs is 1. The number of β-amino-alcohol motifs (C(OH)–C–C–N with tert-alkyl or cyclic N) is 1. The molecule has 0 bridgehead atoms. The van der Waals surface area contributed by atoms with Crippen LogP contribution in [0.25, 0.3) is 11.0 Å². The number of carbonyl (C=O) groups excluding carboxylic acids is 1. The van der Waals surface area contributed by atoms with E-state index in [1.807, 2.05) is 6.07 Å². The molecule has 0 radical (unpaired) electrons. The second kappa shape index (κ2) is 7.65. The lowest BCUT2D eigenvalue weighted by Crippen LogP contribution is -2.36. The molecule has 24 heavy (non-hydrogen) atoms. The van der Waals surface area contributed by atoms with Crippen LogP contribution in [-0.2, 0) is 0 Å². The molecule has 1 aromatic carbocycles. The van der Waals surface area contributed by atoms with Crippen molar-refractivity contribution < 1.29 is 14.3 Å². The highest BCUT2D eigenvalue weighted by molar-refractivity contribution is 9.10. The fourth-order valence-corrected chi connectivity index (χ4v) is 3.19. The Bertz CT molecular complexity index is 824. The summed E-state index contributed by atoms with van der Waals surface area (Å²) in [5, 5.41) is 16.2. The van der Waals surface area contributed by atoms with Crippen molar-refractivity contribution in [2.24, 2.45) is 5.92 Å². The number of nitrogens with one attached hydrogen (secondary N) is 2. The van der Waals surface area contributed by atoms with Gasteiger partial charge in [-0.2, -0.15) is 0 Å². The number of rotatable bonds is 3. The molecule has 8 heteroatoms. The van der Waals surface area contributed by atoms with Crippen LogP contribution >= 0.6 is 28.3 Å². The molecule has 2 atom stereocenters. The van der Waals surface area contributed by atoms with Crippen molar-refractivity contribution in [1.82, 2.24) is 10.6 Å². The summed E-state index contributed by atoms with van der Waals surface area (Å²) >= 11 is 3.37. The van der Waals surface area contributed by atoms with Crippen molar-refractivity contribution in [3.63, 3.8) is 0 Å². The molecule has 6 nitrogen and oxygen atoms in total. The Morgan fingerprint density at radius 3 is 2.88 bits per heavy atom. The Labute approximate surface area is 153 Å². The number of carbonyl (C=O) groups is 1. The molecule has 0 spiro atoms. The SMILES string of the molecule is Cc1c(C(=O)NCC2CNCC2O)c(=O)oc2ccc(Br)cc12.Cl. The molecular formula is C16H18BrClN2O4. The molecule has 1 aromatic heterocycles. The van der Waals surface area contributed by atoms with Crippen LogP contribution in [0.2, 0.25) is 0 Å². The van der Waals surface area contributed by atoms with E-state index < -0.39 is 17.6 Å². The topological polar surface area (TPSA) is 91.6 Å². The summed E-state index contributed by atoms with van der Waals surface area (Å²) in [4.78, 5) is 24.5. The Morgan fingerprint density at radius 1 is 1.46 bits per heavy atom. The molecule has 2 unspecified atom stereocenters. The first-order valence-corrected chi connectivity index (χ1v) is 8.16. The van der Waals surface area contributed by atoms with E-state index in [0.29, 0.717) is 36.2 Å². The van der Waals surface area contributed by atoms with Gasteiger partial charge in [-0.05, 0) is 30.7 Å². The first-order valence-electron chi connectivity index (χ1n) is 7.37. The van der Waals surface area contributed by atoms with Gasteiger partial charge in [-0.3, -0.25) is 4.79 Å². The second-order valence-electron chi connectivity index (χ2n) is 5.73. The Hall–Kier alpha value is -1.41. The normalized spacial score (nSPS) is 20.0. The molecule has 2 heterocycles. The number of aliphatic hydroxyl groups is 1. The summed E-state index contributed by atoms with van der Waals surface area (Å²) in [6, 6.07) is 5.28. The molecule has 1 fully saturated rings. The van der Waals surface area contributed by atoms with Crippen LogP contribution in [0.1, 0.15) is 15.9 Å². The van der Waals surface area contributed by atoms with E-state index in [4.69, 9.17) is 4.42 Å². The van der Waals surface area contributed by atoms with Gasteiger partial charge >= 0.3 is 5.63 Å². The average molecular weight is 418 g/mol. The number of hydrogen-bond acceptors (Lipinski definition) is 5. The number of amides is 1.